The van der Waals surface area contributed by atoms with Crippen molar-refractivity contribution in [1.29, 1.82) is 0 Å². The van der Waals surface area contributed by atoms with Crippen LogP contribution in [0.1, 0.15) is 25.3 Å². The number of aromatic nitrogens is 2. The fourth-order valence-electron chi connectivity index (χ4n) is 2.08. The summed E-state index contributed by atoms with van der Waals surface area (Å²) in [7, 11) is 0. The quantitative estimate of drug-likeness (QED) is 0.692. The van der Waals surface area contributed by atoms with E-state index in [0.29, 0.717) is 18.2 Å². The van der Waals surface area contributed by atoms with Crippen molar-refractivity contribution in [2.24, 2.45) is 0 Å². The molecule has 2 rings (SSSR count). The number of rotatable bonds is 8. The fraction of sp³-hybridized carbons (Fsp3) is 0.375. The summed E-state index contributed by atoms with van der Waals surface area (Å²) < 4.78 is 5.78. The van der Waals surface area contributed by atoms with Gasteiger partial charge in [0, 0.05) is 0 Å². The lowest BCUT2D eigenvalue weighted by Gasteiger charge is -2.18. The zero-order valence-electron chi connectivity index (χ0n) is 12.7. The Kier molecular flexibility index (Phi) is 5.97. The van der Waals surface area contributed by atoms with Crippen molar-refractivity contribution >= 4 is 11.8 Å². The van der Waals surface area contributed by atoms with Crippen molar-refractivity contribution in [3.8, 4) is 5.75 Å². The van der Waals surface area contributed by atoms with Crippen molar-refractivity contribution in [1.82, 2.24) is 9.97 Å². The minimum atomic E-state index is -0.0848. The maximum atomic E-state index is 9.41. The molecule has 2 aromatic rings. The third kappa shape index (κ3) is 4.60. The molecule has 0 bridgehead atoms. The maximum absolute atomic E-state index is 9.41. The Bertz CT molecular complexity index is 578. The molecule has 1 unspecified atom stereocenters. The highest BCUT2D eigenvalue weighted by atomic mass is 16.5. The topological polar surface area (TPSA) is 93.3 Å². The highest BCUT2D eigenvalue weighted by Crippen LogP contribution is 2.24. The number of anilines is 2. The SMILES string of the molecule is CCCC(CO)Nc1nc(N)ncc1OCc1ccccc1. The highest BCUT2D eigenvalue weighted by Gasteiger charge is 2.13. The van der Waals surface area contributed by atoms with E-state index in [9.17, 15) is 5.11 Å². The van der Waals surface area contributed by atoms with Crippen LogP contribution >= 0.6 is 0 Å². The molecule has 0 saturated heterocycles. The molecule has 1 aromatic heterocycles. The van der Waals surface area contributed by atoms with E-state index in [1.165, 1.54) is 0 Å². The largest absolute Gasteiger partial charge is 0.483 e. The van der Waals surface area contributed by atoms with Crippen LogP contribution < -0.4 is 15.8 Å². The van der Waals surface area contributed by atoms with E-state index in [0.717, 1.165) is 18.4 Å². The molecule has 0 amide bonds. The lowest BCUT2D eigenvalue weighted by Crippen LogP contribution is -2.24. The van der Waals surface area contributed by atoms with Gasteiger partial charge < -0.3 is 20.9 Å². The summed E-state index contributed by atoms with van der Waals surface area (Å²) in [6.07, 6.45) is 3.34. The van der Waals surface area contributed by atoms with Crippen molar-refractivity contribution in [2.75, 3.05) is 17.7 Å². The number of nitrogens with one attached hydrogen (secondary N) is 1. The van der Waals surface area contributed by atoms with Gasteiger partial charge in [0.1, 0.15) is 6.61 Å². The number of aliphatic hydroxyl groups is 1. The second kappa shape index (κ2) is 8.19. The van der Waals surface area contributed by atoms with E-state index < -0.39 is 0 Å². The van der Waals surface area contributed by atoms with E-state index in [4.69, 9.17) is 10.5 Å². The molecule has 4 N–H and O–H groups in total. The van der Waals surface area contributed by atoms with E-state index >= 15 is 0 Å². The van der Waals surface area contributed by atoms with Gasteiger partial charge in [-0.05, 0) is 12.0 Å². The van der Waals surface area contributed by atoms with Crippen LogP contribution in [0, 0.1) is 0 Å². The summed E-state index contributed by atoms with van der Waals surface area (Å²) >= 11 is 0. The van der Waals surface area contributed by atoms with E-state index in [2.05, 4.69) is 22.2 Å². The average Bonchev–Trinajstić information content (AvgIpc) is 2.54. The summed E-state index contributed by atoms with van der Waals surface area (Å²) in [5.74, 6) is 1.20. The summed E-state index contributed by atoms with van der Waals surface area (Å²) in [4.78, 5) is 8.15. The molecule has 0 aliphatic rings. The Balaban J connectivity index is 2.09. The Hall–Kier alpha value is -2.34. The first-order valence-corrected chi connectivity index (χ1v) is 7.39. The van der Waals surface area contributed by atoms with Crippen LogP contribution in [0.15, 0.2) is 36.5 Å². The summed E-state index contributed by atoms with van der Waals surface area (Å²) in [6.45, 7) is 2.50. The molecule has 1 aromatic carbocycles. The predicted octanol–water partition coefficient (Wildman–Crippen LogP) is 2.21. The molecule has 1 atom stereocenters. The standard InChI is InChI=1S/C16H22N4O2/c1-2-6-13(10-21)19-15-14(9-18-16(17)20-15)22-11-12-7-4-3-5-8-12/h3-5,7-9,13,21H,2,6,10-11H2,1H3,(H3,17,18,19,20). The average molecular weight is 302 g/mol. The van der Waals surface area contributed by atoms with Crippen LogP contribution in [0.3, 0.4) is 0 Å². The van der Waals surface area contributed by atoms with Crippen LogP contribution in [0.25, 0.3) is 0 Å². The third-order valence-corrected chi connectivity index (χ3v) is 3.21. The molecule has 118 valence electrons. The van der Waals surface area contributed by atoms with Crippen molar-refractivity contribution in [3.05, 3.63) is 42.1 Å². The van der Waals surface area contributed by atoms with Gasteiger partial charge in [-0.2, -0.15) is 4.98 Å². The molecular weight excluding hydrogens is 280 g/mol. The van der Waals surface area contributed by atoms with Gasteiger partial charge in [0.2, 0.25) is 5.95 Å². The van der Waals surface area contributed by atoms with E-state index in [-0.39, 0.29) is 18.6 Å². The summed E-state index contributed by atoms with van der Waals surface area (Å²) in [5.41, 5.74) is 6.70. The van der Waals surface area contributed by atoms with Crippen LogP contribution in [0.4, 0.5) is 11.8 Å². The second-order valence-corrected chi connectivity index (χ2v) is 5.03. The Morgan fingerprint density at radius 1 is 1.32 bits per heavy atom. The number of ether oxygens (including phenoxy) is 1. The van der Waals surface area contributed by atoms with Gasteiger partial charge in [-0.15, -0.1) is 0 Å². The molecule has 0 saturated carbocycles. The van der Waals surface area contributed by atoms with Gasteiger partial charge >= 0.3 is 0 Å². The monoisotopic (exact) mass is 302 g/mol. The van der Waals surface area contributed by atoms with E-state index in [1.807, 2.05) is 30.3 Å². The lowest BCUT2D eigenvalue weighted by atomic mass is 10.2. The minimum Gasteiger partial charge on any atom is -0.483 e. The molecule has 0 radical (unpaired) electrons. The minimum absolute atomic E-state index is 0.0237. The van der Waals surface area contributed by atoms with Crippen LogP contribution in [0.2, 0.25) is 0 Å². The van der Waals surface area contributed by atoms with Crippen LogP contribution in [0.5, 0.6) is 5.75 Å². The number of benzene rings is 1. The smallest absolute Gasteiger partial charge is 0.222 e. The molecule has 1 heterocycles. The zero-order valence-corrected chi connectivity index (χ0v) is 12.7. The lowest BCUT2D eigenvalue weighted by molar-refractivity contribution is 0.266. The van der Waals surface area contributed by atoms with Gasteiger partial charge in [-0.25, -0.2) is 4.98 Å². The number of hydrogen-bond donors (Lipinski definition) is 3. The van der Waals surface area contributed by atoms with E-state index in [1.54, 1.807) is 6.20 Å². The van der Waals surface area contributed by atoms with Gasteiger partial charge in [0.15, 0.2) is 11.6 Å². The first-order valence-electron chi connectivity index (χ1n) is 7.39. The zero-order chi connectivity index (χ0) is 15.8. The highest BCUT2D eigenvalue weighted by molar-refractivity contribution is 5.51. The molecule has 0 aliphatic heterocycles. The molecule has 6 nitrogen and oxygen atoms in total. The van der Waals surface area contributed by atoms with Gasteiger partial charge in [0.25, 0.3) is 0 Å². The molecule has 0 fully saturated rings. The number of nitrogens with two attached hydrogens (primary N) is 1. The second-order valence-electron chi connectivity index (χ2n) is 5.03. The third-order valence-electron chi connectivity index (χ3n) is 3.21. The van der Waals surface area contributed by atoms with Crippen LogP contribution in [-0.4, -0.2) is 27.7 Å². The Labute approximate surface area is 130 Å². The first kappa shape index (κ1) is 16.0. The van der Waals surface area contributed by atoms with Crippen molar-refractivity contribution in [3.63, 3.8) is 0 Å². The number of nitrogens with zero attached hydrogens (tertiary/aromatic N) is 2. The molecular formula is C16H22N4O2. The summed E-state index contributed by atoms with van der Waals surface area (Å²) in [5, 5.41) is 12.6. The van der Waals surface area contributed by atoms with Gasteiger partial charge in [-0.3, -0.25) is 0 Å². The molecule has 0 aliphatic carbocycles. The van der Waals surface area contributed by atoms with Crippen molar-refractivity contribution in [2.45, 2.75) is 32.4 Å². The van der Waals surface area contributed by atoms with Gasteiger partial charge in [-0.1, -0.05) is 43.7 Å². The number of hydrogen-bond acceptors (Lipinski definition) is 6. The molecule has 22 heavy (non-hydrogen) atoms. The maximum Gasteiger partial charge on any atom is 0.222 e. The van der Waals surface area contributed by atoms with Crippen molar-refractivity contribution < 1.29 is 9.84 Å². The number of aliphatic hydroxyl groups excluding tert-OH is 1. The normalized spacial score (nSPS) is 11.9. The van der Waals surface area contributed by atoms with Crippen LogP contribution in [-0.2, 0) is 6.61 Å². The van der Waals surface area contributed by atoms with Gasteiger partial charge in [0.05, 0.1) is 18.8 Å². The Morgan fingerprint density at radius 2 is 2.09 bits per heavy atom. The Morgan fingerprint density at radius 3 is 2.77 bits per heavy atom. The summed E-state index contributed by atoms with van der Waals surface area (Å²) in [6, 6.07) is 9.76. The molecule has 0 spiro atoms. The number of nitrogen functional groups attached to an aromatic ring is 1. The predicted molar refractivity (Wildman–Crippen MR) is 86.6 cm³/mol. The fourth-order valence-corrected chi connectivity index (χ4v) is 2.08. The first-order chi connectivity index (χ1) is 10.7. The molecule has 6 heteroatoms.